The zero-order valence-corrected chi connectivity index (χ0v) is 15.7. The number of hydrogen-bond acceptors (Lipinski definition) is 5. The Bertz CT molecular complexity index is 1000. The number of aryl methyl sites for hydroxylation is 1. The van der Waals surface area contributed by atoms with Gasteiger partial charge in [0.2, 0.25) is 17.6 Å². The van der Waals surface area contributed by atoms with E-state index in [2.05, 4.69) is 17.1 Å². The minimum Gasteiger partial charge on any atom is -0.494 e. The molecule has 1 amide bonds. The van der Waals surface area contributed by atoms with Crippen LogP contribution in [0.25, 0.3) is 11.4 Å². The third-order valence-corrected chi connectivity index (χ3v) is 4.98. The first-order valence-electron chi connectivity index (χ1n) is 9.16. The Morgan fingerprint density at radius 3 is 2.71 bits per heavy atom. The number of nitrogens with zero attached hydrogens (tertiary/aromatic N) is 3. The van der Waals surface area contributed by atoms with Gasteiger partial charge in [-0.3, -0.25) is 4.79 Å². The van der Waals surface area contributed by atoms with Gasteiger partial charge < -0.3 is 14.2 Å². The highest BCUT2D eigenvalue weighted by Crippen LogP contribution is 2.32. The highest BCUT2D eigenvalue weighted by atomic mass is 19.1. The molecular formula is C21H20FN3O3. The summed E-state index contributed by atoms with van der Waals surface area (Å²) in [6.45, 7) is 2.57. The van der Waals surface area contributed by atoms with E-state index in [0.717, 1.165) is 12.1 Å². The molecule has 0 radical (unpaired) electrons. The first-order valence-corrected chi connectivity index (χ1v) is 9.16. The number of amides is 1. The maximum absolute atomic E-state index is 13.9. The van der Waals surface area contributed by atoms with Gasteiger partial charge in [0.15, 0.2) is 11.6 Å². The SMILES string of the molecule is CCc1ccc(N2CC(c3nc(-c4ccc(OC)c(F)c4)no3)CC2=O)cc1. The summed E-state index contributed by atoms with van der Waals surface area (Å²) in [7, 11) is 1.41. The average molecular weight is 381 g/mol. The highest BCUT2D eigenvalue weighted by Gasteiger charge is 2.35. The molecule has 28 heavy (non-hydrogen) atoms. The predicted octanol–water partition coefficient (Wildman–Crippen LogP) is 3.97. The van der Waals surface area contributed by atoms with Crippen LogP contribution in [-0.4, -0.2) is 29.7 Å². The quantitative estimate of drug-likeness (QED) is 0.669. The first kappa shape index (κ1) is 18.2. The zero-order chi connectivity index (χ0) is 19.7. The second-order valence-electron chi connectivity index (χ2n) is 6.73. The van der Waals surface area contributed by atoms with Crippen LogP contribution in [0.3, 0.4) is 0 Å². The van der Waals surface area contributed by atoms with Crippen LogP contribution in [-0.2, 0) is 11.2 Å². The number of carbonyl (C=O) groups is 1. The molecule has 2 heterocycles. The maximum Gasteiger partial charge on any atom is 0.232 e. The lowest BCUT2D eigenvalue weighted by Gasteiger charge is -2.16. The lowest BCUT2D eigenvalue weighted by atomic mass is 10.1. The van der Waals surface area contributed by atoms with Crippen LogP contribution in [0.1, 0.15) is 30.7 Å². The van der Waals surface area contributed by atoms with Gasteiger partial charge in [-0.25, -0.2) is 4.39 Å². The van der Waals surface area contributed by atoms with E-state index in [0.29, 0.717) is 24.4 Å². The van der Waals surface area contributed by atoms with E-state index in [1.807, 2.05) is 24.3 Å². The summed E-state index contributed by atoms with van der Waals surface area (Å²) < 4.78 is 24.2. The van der Waals surface area contributed by atoms with Crippen molar-refractivity contribution >= 4 is 11.6 Å². The van der Waals surface area contributed by atoms with Crippen molar-refractivity contribution in [3.63, 3.8) is 0 Å². The van der Waals surface area contributed by atoms with Crippen molar-refractivity contribution in [2.75, 3.05) is 18.6 Å². The van der Waals surface area contributed by atoms with Crippen molar-refractivity contribution in [2.45, 2.75) is 25.7 Å². The third kappa shape index (κ3) is 3.35. The summed E-state index contributed by atoms with van der Waals surface area (Å²) >= 11 is 0. The molecule has 1 aliphatic rings. The van der Waals surface area contributed by atoms with Crippen LogP contribution in [0.5, 0.6) is 5.75 Å². The van der Waals surface area contributed by atoms with Crippen molar-refractivity contribution in [3.05, 3.63) is 59.7 Å². The molecule has 4 rings (SSSR count). The molecule has 3 aromatic rings. The molecule has 6 nitrogen and oxygen atoms in total. The number of halogens is 1. The van der Waals surface area contributed by atoms with E-state index in [9.17, 15) is 9.18 Å². The second-order valence-corrected chi connectivity index (χ2v) is 6.73. The summed E-state index contributed by atoms with van der Waals surface area (Å²) in [5.74, 6) is 0.150. The van der Waals surface area contributed by atoms with Gasteiger partial charge in [0.1, 0.15) is 0 Å². The van der Waals surface area contributed by atoms with Crippen LogP contribution in [0.2, 0.25) is 0 Å². The van der Waals surface area contributed by atoms with Gasteiger partial charge in [-0.2, -0.15) is 4.98 Å². The number of benzene rings is 2. The van der Waals surface area contributed by atoms with Crippen LogP contribution >= 0.6 is 0 Å². The van der Waals surface area contributed by atoms with Crippen LogP contribution in [0, 0.1) is 5.82 Å². The number of anilines is 1. The summed E-state index contributed by atoms with van der Waals surface area (Å²) in [5.41, 5.74) is 2.58. The zero-order valence-electron chi connectivity index (χ0n) is 15.7. The molecular weight excluding hydrogens is 361 g/mol. The van der Waals surface area contributed by atoms with E-state index in [4.69, 9.17) is 9.26 Å². The largest absolute Gasteiger partial charge is 0.494 e. The van der Waals surface area contributed by atoms with Crippen LogP contribution in [0.4, 0.5) is 10.1 Å². The van der Waals surface area contributed by atoms with Gasteiger partial charge in [-0.1, -0.05) is 24.2 Å². The topological polar surface area (TPSA) is 68.5 Å². The number of rotatable bonds is 5. The molecule has 1 aliphatic heterocycles. The van der Waals surface area contributed by atoms with E-state index in [1.165, 1.54) is 24.8 Å². The molecule has 0 aliphatic carbocycles. The van der Waals surface area contributed by atoms with E-state index >= 15 is 0 Å². The van der Waals surface area contributed by atoms with Gasteiger partial charge in [0.05, 0.1) is 13.0 Å². The van der Waals surface area contributed by atoms with Crippen molar-refractivity contribution in [1.29, 1.82) is 0 Å². The minimum absolute atomic E-state index is 0.0180. The second kappa shape index (κ2) is 7.42. The Labute approximate surface area is 161 Å². The molecule has 1 unspecified atom stereocenters. The van der Waals surface area contributed by atoms with E-state index in [-0.39, 0.29) is 23.4 Å². The summed E-state index contributed by atoms with van der Waals surface area (Å²) in [4.78, 5) is 18.6. The van der Waals surface area contributed by atoms with E-state index in [1.54, 1.807) is 11.0 Å². The van der Waals surface area contributed by atoms with Crippen molar-refractivity contribution < 1.29 is 18.4 Å². The molecule has 2 aromatic carbocycles. The number of ether oxygens (including phenoxy) is 1. The third-order valence-electron chi connectivity index (χ3n) is 4.98. The minimum atomic E-state index is -0.496. The molecule has 1 aromatic heterocycles. The highest BCUT2D eigenvalue weighted by molar-refractivity contribution is 5.96. The smallest absolute Gasteiger partial charge is 0.232 e. The number of hydrogen-bond donors (Lipinski definition) is 0. The fraction of sp³-hybridized carbons (Fsp3) is 0.286. The van der Waals surface area contributed by atoms with Gasteiger partial charge >= 0.3 is 0 Å². The standard InChI is InChI=1S/C21H20FN3O3/c1-3-13-4-7-16(8-5-13)25-12-15(11-19(25)26)21-23-20(24-28-21)14-6-9-18(27-2)17(22)10-14/h4-10,15H,3,11-12H2,1-2H3. The molecule has 144 valence electrons. The Hall–Kier alpha value is -3.22. The molecule has 7 heteroatoms. The Kier molecular flexibility index (Phi) is 4.81. The first-order chi connectivity index (χ1) is 13.6. The average Bonchev–Trinajstić information content (AvgIpc) is 3.35. The summed E-state index contributed by atoms with van der Waals surface area (Å²) in [6.07, 6.45) is 1.25. The molecule has 0 bridgehead atoms. The molecule has 1 saturated heterocycles. The van der Waals surface area contributed by atoms with Gasteiger partial charge in [-0.05, 0) is 42.3 Å². The lowest BCUT2D eigenvalue weighted by molar-refractivity contribution is -0.117. The Morgan fingerprint density at radius 2 is 2.04 bits per heavy atom. The molecule has 1 fully saturated rings. The van der Waals surface area contributed by atoms with E-state index < -0.39 is 5.82 Å². The number of carbonyl (C=O) groups excluding carboxylic acids is 1. The van der Waals surface area contributed by atoms with Crippen molar-refractivity contribution in [1.82, 2.24) is 10.1 Å². The monoisotopic (exact) mass is 381 g/mol. The molecule has 0 saturated carbocycles. The van der Waals surface area contributed by atoms with Gasteiger partial charge in [-0.15, -0.1) is 0 Å². The van der Waals surface area contributed by atoms with Gasteiger partial charge in [0.25, 0.3) is 0 Å². The predicted molar refractivity (Wildman–Crippen MR) is 102 cm³/mol. The summed E-state index contributed by atoms with van der Waals surface area (Å²) in [6, 6.07) is 12.4. The lowest BCUT2D eigenvalue weighted by Crippen LogP contribution is -2.24. The van der Waals surface area contributed by atoms with Gasteiger partial charge in [0, 0.05) is 24.2 Å². The maximum atomic E-state index is 13.9. The molecule has 1 atom stereocenters. The fourth-order valence-corrected chi connectivity index (χ4v) is 3.36. The molecule has 0 spiro atoms. The normalized spacial score (nSPS) is 16.6. The molecule has 0 N–H and O–H groups in total. The number of methoxy groups -OCH3 is 1. The van der Waals surface area contributed by atoms with Crippen LogP contribution in [0.15, 0.2) is 47.0 Å². The Morgan fingerprint density at radius 1 is 1.25 bits per heavy atom. The Balaban J connectivity index is 1.52. The van der Waals surface area contributed by atoms with Crippen molar-refractivity contribution in [2.24, 2.45) is 0 Å². The van der Waals surface area contributed by atoms with Crippen molar-refractivity contribution in [3.8, 4) is 17.1 Å². The fourth-order valence-electron chi connectivity index (χ4n) is 3.36. The van der Waals surface area contributed by atoms with Crippen LogP contribution < -0.4 is 9.64 Å². The summed E-state index contributed by atoms with van der Waals surface area (Å²) in [5, 5.41) is 3.95. The number of aromatic nitrogens is 2.